The molecule has 1 aromatic rings. The Bertz CT molecular complexity index is 474. The van der Waals surface area contributed by atoms with Gasteiger partial charge < -0.3 is 5.73 Å². The van der Waals surface area contributed by atoms with Gasteiger partial charge in [0.1, 0.15) is 11.9 Å². The number of hydrogen-bond donors (Lipinski definition) is 1. The molecular weight excluding hydrogens is 183 g/mol. The summed E-state index contributed by atoms with van der Waals surface area (Å²) < 4.78 is 13.2. The van der Waals surface area contributed by atoms with Gasteiger partial charge in [0.25, 0.3) is 0 Å². The van der Waals surface area contributed by atoms with Crippen LogP contribution in [0.5, 0.6) is 0 Å². The Morgan fingerprint density at radius 2 is 2.21 bits per heavy atom. The van der Waals surface area contributed by atoms with Gasteiger partial charge in [-0.3, -0.25) is 4.79 Å². The van der Waals surface area contributed by atoms with Gasteiger partial charge in [-0.15, -0.1) is 0 Å². The van der Waals surface area contributed by atoms with Crippen LogP contribution in [0.15, 0.2) is 6.07 Å². The maximum atomic E-state index is 13.2. The van der Waals surface area contributed by atoms with Crippen LogP contribution < -0.4 is 5.73 Å². The van der Waals surface area contributed by atoms with E-state index in [0.29, 0.717) is 18.4 Å². The SMILES string of the molecule is N#Cc1c(F)cc(N)c2c1C(=O)CC2. The minimum Gasteiger partial charge on any atom is -0.398 e. The van der Waals surface area contributed by atoms with Gasteiger partial charge >= 0.3 is 0 Å². The molecule has 70 valence electrons. The van der Waals surface area contributed by atoms with Crippen molar-refractivity contribution in [3.8, 4) is 6.07 Å². The molecule has 0 unspecified atom stereocenters. The molecule has 0 aromatic heterocycles. The van der Waals surface area contributed by atoms with Crippen molar-refractivity contribution < 1.29 is 9.18 Å². The minimum atomic E-state index is -0.709. The van der Waals surface area contributed by atoms with Gasteiger partial charge in [0.2, 0.25) is 0 Å². The number of anilines is 1. The molecule has 1 aromatic carbocycles. The topological polar surface area (TPSA) is 66.9 Å². The molecule has 2 N–H and O–H groups in total. The fourth-order valence-electron chi connectivity index (χ4n) is 1.76. The smallest absolute Gasteiger partial charge is 0.165 e. The highest BCUT2D eigenvalue weighted by atomic mass is 19.1. The number of ketones is 1. The van der Waals surface area contributed by atoms with Crippen LogP contribution in [-0.2, 0) is 6.42 Å². The highest BCUT2D eigenvalue weighted by molar-refractivity contribution is 6.04. The third-order valence-corrected chi connectivity index (χ3v) is 2.41. The average molecular weight is 190 g/mol. The van der Waals surface area contributed by atoms with Crippen LogP contribution >= 0.6 is 0 Å². The molecule has 0 heterocycles. The molecule has 1 aliphatic rings. The second kappa shape index (κ2) is 2.81. The molecule has 0 bridgehead atoms. The van der Waals surface area contributed by atoms with Crippen molar-refractivity contribution in [1.29, 1.82) is 5.26 Å². The van der Waals surface area contributed by atoms with Crippen LogP contribution in [0.1, 0.15) is 27.9 Å². The number of carbonyl (C=O) groups excluding carboxylic acids is 1. The number of hydrogen-bond acceptors (Lipinski definition) is 3. The normalized spacial score (nSPS) is 13.9. The van der Waals surface area contributed by atoms with Crippen LogP contribution in [0.4, 0.5) is 10.1 Å². The monoisotopic (exact) mass is 190 g/mol. The zero-order chi connectivity index (χ0) is 10.3. The van der Waals surface area contributed by atoms with E-state index in [-0.39, 0.29) is 22.6 Å². The standard InChI is InChI=1S/C10H7FN2O/c11-7-3-8(13)5-1-2-9(14)10(5)6(7)4-12/h3H,1-2,13H2. The summed E-state index contributed by atoms with van der Waals surface area (Å²) in [5.74, 6) is -0.901. The van der Waals surface area contributed by atoms with Crippen LogP contribution in [0.2, 0.25) is 0 Å². The quantitative estimate of drug-likeness (QED) is 0.629. The highest BCUT2D eigenvalue weighted by Gasteiger charge is 2.27. The van der Waals surface area contributed by atoms with Crippen LogP contribution in [0.3, 0.4) is 0 Å². The third-order valence-electron chi connectivity index (χ3n) is 2.41. The zero-order valence-electron chi connectivity index (χ0n) is 7.30. The molecule has 2 rings (SSSR count). The Kier molecular flexibility index (Phi) is 1.74. The second-order valence-electron chi connectivity index (χ2n) is 3.21. The van der Waals surface area contributed by atoms with Crippen molar-refractivity contribution in [2.45, 2.75) is 12.8 Å². The van der Waals surface area contributed by atoms with E-state index in [1.54, 1.807) is 6.07 Å². The third kappa shape index (κ3) is 0.990. The summed E-state index contributed by atoms with van der Waals surface area (Å²) in [7, 11) is 0. The highest BCUT2D eigenvalue weighted by Crippen LogP contribution is 2.31. The lowest BCUT2D eigenvalue weighted by atomic mass is 10.0. The Labute approximate surface area is 79.9 Å². The first-order valence-corrected chi connectivity index (χ1v) is 4.19. The number of nitrogen functional groups attached to an aromatic ring is 1. The molecular formula is C10H7FN2O. The van der Waals surface area contributed by atoms with Gasteiger partial charge in [0.15, 0.2) is 5.78 Å². The number of nitriles is 1. The first kappa shape index (κ1) is 8.70. The number of Topliss-reactive ketones (excluding diaryl/α,β-unsaturated/α-hetero) is 1. The van der Waals surface area contributed by atoms with Crippen LogP contribution in [-0.4, -0.2) is 5.78 Å². The molecule has 1 aliphatic carbocycles. The predicted molar refractivity (Wildman–Crippen MR) is 48.2 cm³/mol. The lowest BCUT2D eigenvalue weighted by molar-refractivity contribution is 0.0994. The molecule has 0 spiro atoms. The summed E-state index contributed by atoms with van der Waals surface area (Å²) in [6.45, 7) is 0. The van der Waals surface area contributed by atoms with Gasteiger partial charge in [0.05, 0.1) is 5.56 Å². The number of carbonyl (C=O) groups is 1. The van der Waals surface area contributed by atoms with Gasteiger partial charge in [-0.25, -0.2) is 4.39 Å². The number of nitrogens with zero attached hydrogens (tertiary/aromatic N) is 1. The molecule has 0 saturated heterocycles. The molecule has 0 aliphatic heterocycles. The molecule has 0 atom stereocenters. The van der Waals surface area contributed by atoms with Crippen molar-refractivity contribution in [1.82, 2.24) is 0 Å². The van der Waals surface area contributed by atoms with Gasteiger partial charge in [-0.2, -0.15) is 5.26 Å². The molecule has 3 nitrogen and oxygen atoms in total. The predicted octanol–water partition coefficient (Wildman–Crippen LogP) is 1.41. The van der Waals surface area contributed by atoms with E-state index in [9.17, 15) is 9.18 Å². The Balaban J connectivity index is 2.83. The summed E-state index contributed by atoms with van der Waals surface area (Å²) in [5, 5.41) is 8.71. The van der Waals surface area contributed by atoms with Gasteiger partial charge in [-0.1, -0.05) is 0 Å². The number of fused-ring (bicyclic) bond motifs is 1. The van der Waals surface area contributed by atoms with Crippen molar-refractivity contribution in [2.75, 3.05) is 5.73 Å². The summed E-state index contributed by atoms with van der Waals surface area (Å²) in [4.78, 5) is 11.4. The first-order chi connectivity index (χ1) is 6.65. The summed E-state index contributed by atoms with van der Waals surface area (Å²) >= 11 is 0. The van der Waals surface area contributed by atoms with Crippen molar-refractivity contribution >= 4 is 11.5 Å². The fraction of sp³-hybridized carbons (Fsp3) is 0.200. The van der Waals surface area contributed by atoms with Crippen molar-refractivity contribution in [2.24, 2.45) is 0 Å². The number of nitrogens with two attached hydrogens (primary N) is 1. The van der Waals surface area contributed by atoms with Crippen LogP contribution in [0.25, 0.3) is 0 Å². The summed E-state index contributed by atoms with van der Waals surface area (Å²) in [6.07, 6.45) is 0.826. The lowest BCUT2D eigenvalue weighted by Gasteiger charge is -2.05. The van der Waals surface area contributed by atoms with E-state index in [1.807, 2.05) is 0 Å². The van der Waals surface area contributed by atoms with E-state index in [2.05, 4.69) is 0 Å². The fourth-order valence-corrected chi connectivity index (χ4v) is 1.76. The number of halogens is 1. The van der Waals surface area contributed by atoms with E-state index < -0.39 is 5.82 Å². The first-order valence-electron chi connectivity index (χ1n) is 4.19. The maximum absolute atomic E-state index is 13.2. The number of benzene rings is 1. The Hall–Kier alpha value is -1.89. The number of rotatable bonds is 0. The van der Waals surface area contributed by atoms with Crippen molar-refractivity contribution in [3.05, 3.63) is 28.6 Å². The van der Waals surface area contributed by atoms with E-state index in [4.69, 9.17) is 11.0 Å². The van der Waals surface area contributed by atoms with Crippen LogP contribution in [0, 0.1) is 17.1 Å². The average Bonchev–Trinajstić information content (AvgIpc) is 2.50. The maximum Gasteiger partial charge on any atom is 0.165 e. The molecule has 0 radical (unpaired) electrons. The van der Waals surface area contributed by atoms with E-state index >= 15 is 0 Å². The Morgan fingerprint density at radius 3 is 2.86 bits per heavy atom. The van der Waals surface area contributed by atoms with Crippen molar-refractivity contribution in [3.63, 3.8) is 0 Å². The van der Waals surface area contributed by atoms with E-state index in [0.717, 1.165) is 6.07 Å². The lowest BCUT2D eigenvalue weighted by Crippen LogP contribution is -2.02. The minimum absolute atomic E-state index is 0.170. The summed E-state index contributed by atoms with van der Waals surface area (Å²) in [6, 6.07) is 2.81. The molecule has 0 saturated carbocycles. The molecule has 4 heteroatoms. The zero-order valence-corrected chi connectivity index (χ0v) is 7.30. The molecule has 14 heavy (non-hydrogen) atoms. The van der Waals surface area contributed by atoms with Gasteiger partial charge in [0, 0.05) is 17.7 Å². The van der Waals surface area contributed by atoms with Gasteiger partial charge in [-0.05, 0) is 18.1 Å². The van der Waals surface area contributed by atoms with E-state index in [1.165, 1.54) is 0 Å². The molecule has 0 amide bonds. The largest absolute Gasteiger partial charge is 0.398 e. The molecule has 0 fully saturated rings. The Morgan fingerprint density at radius 1 is 1.50 bits per heavy atom. The second-order valence-corrected chi connectivity index (χ2v) is 3.21. The summed E-state index contributed by atoms with van der Waals surface area (Å²) in [5.41, 5.74) is 6.46.